The van der Waals surface area contributed by atoms with Crippen LogP contribution >= 0.6 is 0 Å². The second-order valence-corrected chi connectivity index (χ2v) is 6.64. The molecule has 0 aliphatic heterocycles. The van der Waals surface area contributed by atoms with Gasteiger partial charge < -0.3 is 15.2 Å². The van der Waals surface area contributed by atoms with Crippen LogP contribution in [0.15, 0.2) is 24.3 Å². The Kier molecular flexibility index (Phi) is 4.61. The largest absolute Gasteiger partial charge is 0.497 e. The third-order valence-electron chi connectivity index (χ3n) is 4.77. The van der Waals surface area contributed by atoms with Crippen molar-refractivity contribution < 1.29 is 19.4 Å². The molecule has 1 fully saturated rings. The summed E-state index contributed by atoms with van der Waals surface area (Å²) >= 11 is 0. The molecule has 1 saturated carbocycles. The number of nitrogens with zero attached hydrogens (tertiary/aromatic N) is 1. The van der Waals surface area contributed by atoms with Gasteiger partial charge in [-0.2, -0.15) is 0 Å². The number of fused-ring (bicyclic) bond motifs is 1. The van der Waals surface area contributed by atoms with E-state index in [1.54, 1.807) is 27.0 Å². The van der Waals surface area contributed by atoms with Crippen LogP contribution in [0.5, 0.6) is 5.75 Å². The highest BCUT2D eigenvalue weighted by Crippen LogP contribution is 2.40. The quantitative estimate of drug-likeness (QED) is 0.842. The molecule has 0 saturated heterocycles. The molecule has 3 rings (SSSR count). The van der Waals surface area contributed by atoms with Gasteiger partial charge in [0.05, 0.1) is 24.1 Å². The van der Waals surface area contributed by atoms with Crippen molar-refractivity contribution in [2.24, 2.45) is 5.92 Å². The van der Waals surface area contributed by atoms with Crippen LogP contribution in [0.1, 0.15) is 48.7 Å². The van der Waals surface area contributed by atoms with Crippen molar-refractivity contribution in [2.45, 2.75) is 38.6 Å². The first-order chi connectivity index (χ1) is 11.9. The van der Waals surface area contributed by atoms with Gasteiger partial charge in [0.15, 0.2) is 0 Å². The number of aliphatic carboxylic acids is 1. The fraction of sp³-hybridized carbons (Fsp3) is 0.421. The number of benzene rings is 1. The van der Waals surface area contributed by atoms with Crippen LogP contribution in [0.2, 0.25) is 0 Å². The van der Waals surface area contributed by atoms with Crippen LogP contribution in [0.4, 0.5) is 0 Å². The van der Waals surface area contributed by atoms with E-state index in [9.17, 15) is 9.59 Å². The number of carbonyl (C=O) groups is 2. The van der Waals surface area contributed by atoms with E-state index in [0.29, 0.717) is 22.6 Å². The molecular formula is C19H22N2O4. The van der Waals surface area contributed by atoms with Crippen LogP contribution in [0, 0.1) is 5.92 Å². The molecule has 2 aromatic rings. The Morgan fingerprint density at radius 1 is 1.28 bits per heavy atom. The number of carboxylic acids is 1. The predicted octanol–water partition coefficient (Wildman–Crippen LogP) is 2.96. The highest BCUT2D eigenvalue weighted by Gasteiger charge is 2.28. The zero-order chi connectivity index (χ0) is 18.1. The van der Waals surface area contributed by atoms with Crippen molar-refractivity contribution in [1.29, 1.82) is 0 Å². The summed E-state index contributed by atoms with van der Waals surface area (Å²) in [7, 11) is 1.57. The zero-order valence-electron chi connectivity index (χ0n) is 14.6. The second kappa shape index (κ2) is 6.70. The molecular weight excluding hydrogens is 320 g/mol. The summed E-state index contributed by atoms with van der Waals surface area (Å²) in [5.74, 6) is -0.840. The molecule has 0 spiro atoms. The van der Waals surface area contributed by atoms with Gasteiger partial charge in [-0.15, -0.1) is 0 Å². The molecule has 0 bridgehead atoms. The first-order valence-electron chi connectivity index (χ1n) is 8.43. The predicted molar refractivity (Wildman–Crippen MR) is 94.0 cm³/mol. The minimum atomic E-state index is -0.937. The molecule has 1 amide bonds. The average molecular weight is 342 g/mol. The van der Waals surface area contributed by atoms with E-state index in [4.69, 9.17) is 9.84 Å². The Morgan fingerprint density at radius 2 is 2.00 bits per heavy atom. The van der Waals surface area contributed by atoms with E-state index in [2.05, 4.69) is 10.3 Å². The lowest BCUT2D eigenvalue weighted by atomic mass is 10.0. The van der Waals surface area contributed by atoms with Gasteiger partial charge in [-0.05, 0) is 51.0 Å². The number of methoxy groups -OCH3 is 1. The molecule has 2 atom stereocenters. The summed E-state index contributed by atoms with van der Waals surface area (Å²) in [6.45, 7) is 3.28. The van der Waals surface area contributed by atoms with E-state index >= 15 is 0 Å². The Hall–Kier alpha value is -2.63. The fourth-order valence-corrected chi connectivity index (χ4v) is 2.75. The van der Waals surface area contributed by atoms with Crippen LogP contribution < -0.4 is 10.1 Å². The number of carbonyl (C=O) groups excluding carboxylic acids is 1. The molecule has 2 N–H and O–H groups in total. The molecule has 0 radical (unpaired) electrons. The van der Waals surface area contributed by atoms with E-state index < -0.39 is 17.9 Å². The molecule has 25 heavy (non-hydrogen) atoms. The lowest BCUT2D eigenvalue weighted by Gasteiger charge is -2.19. The van der Waals surface area contributed by atoms with Crippen molar-refractivity contribution in [2.75, 3.05) is 7.11 Å². The Balaban J connectivity index is 2.00. The number of rotatable bonds is 6. The maximum Gasteiger partial charge on any atom is 0.308 e. The average Bonchev–Trinajstić information content (AvgIpc) is 3.44. The standard InChI is InChI=1S/C19H22N2O4/c1-10(19(23)24)11(2)20-18(22)15-9-17(12-4-5-12)21-16-7-6-13(25-3)8-14(15)16/h6-12H,4-5H2,1-3H3,(H,20,22)(H,23,24). The number of pyridine rings is 1. The number of aromatic nitrogens is 1. The molecule has 6 heteroatoms. The summed E-state index contributed by atoms with van der Waals surface area (Å²) in [5.41, 5.74) is 2.17. The summed E-state index contributed by atoms with van der Waals surface area (Å²) in [6, 6.07) is 6.80. The van der Waals surface area contributed by atoms with Crippen molar-refractivity contribution in [1.82, 2.24) is 10.3 Å². The molecule has 1 aliphatic rings. The first-order valence-corrected chi connectivity index (χ1v) is 8.43. The van der Waals surface area contributed by atoms with Gasteiger partial charge in [0.25, 0.3) is 5.91 Å². The lowest BCUT2D eigenvalue weighted by molar-refractivity contribution is -0.141. The van der Waals surface area contributed by atoms with Crippen molar-refractivity contribution >= 4 is 22.8 Å². The van der Waals surface area contributed by atoms with E-state index in [1.807, 2.05) is 18.2 Å². The van der Waals surface area contributed by atoms with Crippen LogP contribution in [-0.2, 0) is 4.79 Å². The normalized spacial score (nSPS) is 16.3. The number of nitrogens with one attached hydrogen (secondary N) is 1. The Labute approximate surface area is 146 Å². The minimum absolute atomic E-state index is 0.289. The number of hydrogen-bond donors (Lipinski definition) is 2. The summed E-state index contributed by atoms with van der Waals surface area (Å²) in [6.07, 6.45) is 2.17. The first kappa shape index (κ1) is 17.2. The van der Waals surface area contributed by atoms with Gasteiger partial charge in [0.2, 0.25) is 0 Å². The van der Waals surface area contributed by atoms with Gasteiger partial charge in [0.1, 0.15) is 5.75 Å². The minimum Gasteiger partial charge on any atom is -0.497 e. The highest BCUT2D eigenvalue weighted by molar-refractivity contribution is 6.06. The third-order valence-corrected chi connectivity index (χ3v) is 4.77. The molecule has 1 aromatic carbocycles. The molecule has 2 unspecified atom stereocenters. The van der Waals surface area contributed by atoms with Crippen LogP contribution in [0.3, 0.4) is 0 Å². The molecule has 132 valence electrons. The number of amides is 1. The summed E-state index contributed by atoms with van der Waals surface area (Å²) in [5, 5.41) is 12.6. The van der Waals surface area contributed by atoms with Gasteiger partial charge in [0, 0.05) is 23.0 Å². The van der Waals surface area contributed by atoms with Crippen molar-refractivity contribution in [3.05, 3.63) is 35.5 Å². The fourth-order valence-electron chi connectivity index (χ4n) is 2.75. The lowest BCUT2D eigenvalue weighted by Crippen LogP contribution is -2.40. The van der Waals surface area contributed by atoms with Crippen LogP contribution in [0.25, 0.3) is 10.9 Å². The zero-order valence-corrected chi connectivity index (χ0v) is 14.6. The summed E-state index contributed by atoms with van der Waals surface area (Å²) in [4.78, 5) is 28.6. The molecule has 1 aromatic heterocycles. The smallest absolute Gasteiger partial charge is 0.308 e. The summed E-state index contributed by atoms with van der Waals surface area (Å²) < 4.78 is 5.26. The molecule has 1 heterocycles. The maximum atomic E-state index is 12.8. The van der Waals surface area contributed by atoms with E-state index in [1.165, 1.54) is 0 Å². The second-order valence-electron chi connectivity index (χ2n) is 6.64. The van der Waals surface area contributed by atoms with E-state index in [-0.39, 0.29) is 5.91 Å². The highest BCUT2D eigenvalue weighted by atomic mass is 16.5. The topological polar surface area (TPSA) is 88.5 Å². The maximum absolute atomic E-state index is 12.8. The Bertz CT molecular complexity index is 830. The monoisotopic (exact) mass is 342 g/mol. The molecule has 1 aliphatic carbocycles. The van der Waals surface area contributed by atoms with Crippen molar-refractivity contribution in [3.63, 3.8) is 0 Å². The van der Waals surface area contributed by atoms with Gasteiger partial charge >= 0.3 is 5.97 Å². The van der Waals surface area contributed by atoms with Crippen LogP contribution in [-0.4, -0.2) is 35.1 Å². The van der Waals surface area contributed by atoms with Crippen molar-refractivity contribution in [3.8, 4) is 5.75 Å². The third kappa shape index (κ3) is 3.57. The van der Waals surface area contributed by atoms with Gasteiger partial charge in [-0.1, -0.05) is 0 Å². The van der Waals surface area contributed by atoms with Gasteiger partial charge in [-0.3, -0.25) is 14.6 Å². The van der Waals surface area contributed by atoms with E-state index in [0.717, 1.165) is 24.1 Å². The molecule has 6 nitrogen and oxygen atoms in total. The number of hydrogen-bond acceptors (Lipinski definition) is 4. The number of carboxylic acid groups (broad SMARTS) is 1. The Morgan fingerprint density at radius 3 is 2.60 bits per heavy atom. The van der Waals surface area contributed by atoms with Gasteiger partial charge in [-0.25, -0.2) is 0 Å². The SMILES string of the molecule is COc1ccc2nc(C3CC3)cc(C(=O)NC(C)C(C)C(=O)O)c2c1. The number of ether oxygens (including phenoxy) is 1.